The first-order valence-corrected chi connectivity index (χ1v) is 11.1. The van der Waals surface area contributed by atoms with E-state index in [1.807, 2.05) is 0 Å². The Labute approximate surface area is 171 Å². The summed E-state index contributed by atoms with van der Waals surface area (Å²) >= 11 is 0. The third kappa shape index (κ3) is 4.23. The molecule has 0 heterocycles. The van der Waals surface area contributed by atoms with Gasteiger partial charge in [0.15, 0.2) is 0 Å². The van der Waals surface area contributed by atoms with Gasteiger partial charge in [-0.25, -0.2) is 4.79 Å². The van der Waals surface area contributed by atoms with E-state index in [1.165, 1.54) is 0 Å². The van der Waals surface area contributed by atoms with Crippen molar-refractivity contribution in [2.45, 2.75) is 55.5 Å². The van der Waals surface area contributed by atoms with E-state index in [9.17, 15) is 35.9 Å². The summed E-state index contributed by atoms with van der Waals surface area (Å²) in [6.45, 7) is 1.87. The quantitative estimate of drug-likeness (QED) is 0.179. The summed E-state index contributed by atoms with van der Waals surface area (Å²) in [6.07, 6.45) is 0.764. The van der Waals surface area contributed by atoms with Crippen LogP contribution in [0.25, 0.3) is 0 Å². The van der Waals surface area contributed by atoms with Crippen LogP contribution in [0.15, 0.2) is 12.2 Å². The first-order chi connectivity index (χ1) is 13.7. The molecule has 12 heteroatoms. The predicted octanol–water partition coefficient (Wildman–Crippen LogP) is 2.40. The molecule has 2 bridgehead atoms. The maximum Gasteiger partial charge on any atom is 0.431 e. The minimum absolute atomic E-state index is 0.195. The molecule has 0 saturated heterocycles. The van der Waals surface area contributed by atoms with E-state index < -0.39 is 46.9 Å². The van der Waals surface area contributed by atoms with Gasteiger partial charge < -0.3 is 14.6 Å². The normalized spacial score (nSPS) is 33.5. The lowest BCUT2D eigenvalue weighted by molar-refractivity contribution is -0.170. The fourth-order valence-electron chi connectivity index (χ4n) is 5.10. The molecule has 172 valence electrons. The van der Waals surface area contributed by atoms with Crippen molar-refractivity contribution in [2.75, 3.05) is 13.2 Å². The molecule has 30 heavy (non-hydrogen) atoms. The van der Waals surface area contributed by atoms with Crippen LogP contribution in [-0.4, -0.2) is 60.6 Å². The molecule has 0 radical (unpaired) electrons. The van der Waals surface area contributed by atoms with Gasteiger partial charge in [-0.3, -0.25) is 4.55 Å². The van der Waals surface area contributed by atoms with Crippen LogP contribution < -0.4 is 0 Å². The largest absolute Gasteiger partial charge is 0.459 e. The standard InChI is InChI=1S/C18H24F4O7S/c1-9(8-28-3-2-17(19,20)18(21,22)30(25,26)27)16(24)29-11-6-12-10-4-14(13(12)7-11)15(23)5-10/h10-15,23H,1-8H2,(H,25,26,27). The zero-order valence-corrected chi connectivity index (χ0v) is 16.8. The van der Waals surface area contributed by atoms with Gasteiger partial charge in [0.1, 0.15) is 6.10 Å². The Balaban J connectivity index is 1.40. The Morgan fingerprint density at radius 2 is 1.70 bits per heavy atom. The Bertz CT molecular complexity index is 800. The molecule has 6 atom stereocenters. The fraction of sp³-hybridized carbons (Fsp3) is 0.833. The Morgan fingerprint density at radius 3 is 2.33 bits per heavy atom. The molecular formula is C18H24F4O7S. The first kappa shape index (κ1) is 23.4. The highest BCUT2D eigenvalue weighted by Crippen LogP contribution is 2.59. The number of halogens is 4. The van der Waals surface area contributed by atoms with Gasteiger partial charge in [-0.15, -0.1) is 0 Å². The molecule has 0 amide bonds. The molecule has 0 aromatic heterocycles. The van der Waals surface area contributed by atoms with Crippen LogP contribution in [0.1, 0.15) is 32.1 Å². The molecule has 3 fully saturated rings. The van der Waals surface area contributed by atoms with Gasteiger partial charge >= 0.3 is 27.3 Å². The molecule has 7 nitrogen and oxygen atoms in total. The number of esters is 1. The molecular weight excluding hydrogens is 436 g/mol. The zero-order chi connectivity index (χ0) is 22.5. The van der Waals surface area contributed by atoms with Crippen molar-refractivity contribution in [1.29, 1.82) is 0 Å². The fourth-order valence-corrected chi connectivity index (χ4v) is 5.58. The summed E-state index contributed by atoms with van der Waals surface area (Å²) in [4.78, 5) is 12.1. The first-order valence-electron chi connectivity index (χ1n) is 9.62. The summed E-state index contributed by atoms with van der Waals surface area (Å²) in [7, 11) is -6.30. The van der Waals surface area contributed by atoms with Crippen LogP contribution in [-0.2, 0) is 24.4 Å². The number of rotatable bonds is 9. The molecule has 0 spiro atoms. The summed E-state index contributed by atoms with van der Waals surface area (Å²) in [5.41, 5.74) is -0.195. The van der Waals surface area contributed by atoms with Crippen molar-refractivity contribution < 1.29 is 49.9 Å². The molecule has 3 aliphatic carbocycles. The second kappa shape index (κ2) is 8.03. The lowest BCUT2D eigenvalue weighted by atomic mass is 9.80. The van der Waals surface area contributed by atoms with Gasteiger partial charge in [-0.1, -0.05) is 6.58 Å². The smallest absolute Gasteiger partial charge is 0.431 e. The lowest BCUT2D eigenvalue weighted by Crippen LogP contribution is -2.47. The van der Waals surface area contributed by atoms with E-state index in [-0.39, 0.29) is 23.7 Å². The topological polar surface area (TPSA) is 110 Å². The number of alkyl halides is 4. The number of carbonyl (C=O) groups is 1. The van der Waals surface area contributed by atoms with Gasteiger partial charge in [0.25, 0.3) is 0 Å². The van der Waals surface area contributed by atoms with Crippen LogP contribution in [0.2, 0.25) is 0 Å². The van der Waals surface area contributed by atoms with Crippen molar-refractivity contribution >= 4 is 16.1 Å². The SMILES string of the molecule is C=C(COCCC(F)(F)C(F)(F)S(=O)(=O)O)C(=O)OC1CC2C3CC(O)C(C3)C2C1. The number of hydrogen-bond acceptors (Lipinski definition) is 6. The Morgan fingerprint density at radius 1 is 1.07 bits per heavy atom. The summed E-state index contributed by atoms with van der Waals surface area (Å²) < 4.78 is 92.1. The lowest BCUT2D eigenvalue weighted by Gasteiger charge is -2.27. The maximum atomic E-state index is 13.4. The second-order valence-corrected chi connectivity index (χ2v) is 9.85. The van der Waals surface area contributed by atoms with Crippen LogP contribution in [0.4, 0.5) is 17.6 Å². The van der Waals surface area contributed by atoms with Crippen LogP contribution >= 0.6 is 0 Å². The number of fused-ring (bicyclic) bond motifs is 5. The van der Waals surface area contributed by atoms with E-state index in [4.69, 9.17) is 14.0 Å². The maximum absolute atomic E-state index is 13.4. The van der Waals surface area contributed by atoms with Crippen molar-refractivity contribution in [3.8, 4) is 0 Å². The van der Waals surface area contributed by atoms with Gasteiger partial charge in [0.2, 0.25) is 0 Å². The van der Waals surface area contributed by atoms with Crippen molar-refractivity contribution in [3.05, 3.63) is 12.2 Å². The van der Waals surface area contributed by atoms with E-state index in [1.54, 1.807) is 0 Å². The molecule has 0 aromatic rings. The molecule has 2 N–H and O–H groups in total. The molecule has 3 rings (SSSR count). The second-order valence-electron chi connectivity index (χ2n) is 8.39. The van der Waals surface area contributed by atoms with E-state index >= 15 is 0 Å². The number of aliphatic hydroxyl groups excluding tert-OH is 1. The minimum atomic E-state index is -6.30. The summed E-state index contributed by atoms with van der Waals surface area (Å²) in [5, 5.41) is 4.35. The zero-order valence-electron chi connectivity index (χ0n) is 16.0. The monoisotopic (exact) mass is 460 g/mol. The van der Waals surface area contributed by atoms with Crippen molar-refractivity contribution in [2.24, 2.45) is 23.7 Å². The molecule has 3 aliphatic rings. The highest BCUT2D eigenvalue weighted by molar-refractivity contribution is 7.87. The molecule has 3 saturated carbocycles. The summed E-state index contributed by atoms with van der Waals surface area (Å²) in [5.74, 6) is -4.46. The third-order valence-electron chi connectivity index (χ3n) is 6.54. The minimum Gasteiger partial charge on any atom is -0.459 e. The molecule has 6 unspecified atom stereocenters. The third-order valence-corrected chi connectivity index (χ3v) is 7.48. The van der Waals surface area contributed by atoms with Crippen molar-refractivity contribution in [1.82, 2.24) is 0 Å². The van der Waals surface area contributed by atoms with Crippen LogP contribution in [0.5, 0.6) is 0 Å². The number of hydrogen-bond donors (Lipinski definition) is 2. The number of aliphatic hydroxyl groups is 1. The van der Waals surface area contributed by atoms with Gasteiger partial charge in [-0.2, -0.15) is 26.0 Å². The van der Waals surface area contributed by atoms with E-state index in [2.05, 4.69) is 6.58 Å². The van der Waals surface area contributed by atoms with E-state index in [0.29, 0.717) is 30.6 Å². The summed E-state index contributed by atoms with van der Waals surface area (Å²) in [6, 6.07) is 0. The average molecular weight is 460 g/mol. The van der Waals surface area contributed by atoms with Gasteiger partial charge in [0, 0.05) is 6.42 Å². The van der Waals surface area contributed by atoms with Gasteiger partial charge in [0.05, 0.1) is 24.9 Å². The predicted molar refractivity (Wildman–Crippen MR) is 94.3 cm³/mol. The molecule has 0 aliphatic heterocycles. The number of carbonyl (C=O) groups excluding carboxylic acids is 1. The average Bonchev–Trinajstić information content (AvgIpc) is 3.28. The molecule has 0 aromatic carbocycles. The highest BCUT2D eigenvalue weighted by atomic mass is 32.2. The van der Waals surface area contributed by atoms with Crippen molar-refractivity contribution in [3.63, 3.8) is 0 Å². The van der Waals surface area contributed by atoms with E-state index in [0.717, 1.165) is 12.8 Å². The highest BCUT2D eigenvalue weighted by Gasteiger charge is 2.65. The Hall–Kier alpha value is -1.24. The number of ether oxygens (including phenoxy) is 2. The van der Waals surface area contributed by atoms with Crippen LogP contribution in [0.3, 0.4) is 0 Å². The van der Waals surface area contributed by atoms with Gasteiger partial charge in [-0.05, 0) is 49.4 Å². The Kier molecular flexibility index (Phi) is 6.27. The van der Waals surface area contributed by atoms with Crippen LogP contribution in [0, 0.1) is 23.7 Å².